The zero-order chi connectivity index (χ0) is 9.40. The predicted octanol–water partition coefficient (Wildman–Crippen LogP) is 2.68. The van der Waals surface area contributed by atoms with Gasteiger partial charge < -0.3 is 4.74 Å². The highest BCUT2D eigenvalue weighted by molar-refractivity contribution is 5.66. The minimum atomic E-state index is -0.193. The Morgan fingerprint density at radius 1 is 1.50 bits per heavy atom. The molecule has 0 amide bonds. The molecule has 0 bridgehead atoms. The van der Waals surface area contributed by atoms with Crippen LogP contribution >= 0.6 is 0 Å². The van der Waals surface area contributed by atoms with Crippen molar-refractivity contribution in [2.75, 3.05) is 0 Å². The smallest absolute Gasteiger partial charge is 0.302 e. The zero-order valence-electron chi connectivity index (χ0n) is 8.17. The Kier molecular flexibility index (Phi) is 6.44. The molecular weight excluding hydrogens is 152 g/mol. The van der Waals surface area contributed by atoms with Crippen LogP contribution in [0.3, 0.4) is 0 Å². The van der Waals surface area contributed by atoms with E-state index < -0.39 is 0 Å². The summed E-state index contributed by atoms with van der Waals surface area (Å²) in [5.74, 6) is -0.193. The number of hydrogen-bond acceptors (Lipinski definition) is 2. The Morgan fingerprint density at radius 2 is 2.17 bits per heavy atom. The van der Waals surface area contributed by atoms with Crippen molar-refractivity contribution >= 4 is 5.97 Å². The molecule has 0 fully saturated rings. The molecule has 0 aliphatic rings. The Labute approximate surface area is 74.6 Å². The molecule has 2 nitrogen and oxygen atoms in total. The second-order valence-corrected chi connectivity index (χ2v) is 2.88. The van der Waals surface area contributed by atoms with Crippen LogP contribution in [0.15, 0.2) is 12.2 Å². The number of esters is 1. The van der Waals surface area contributed by atoms with Crippen molar-refractivity contribution in [2.24, 2.45) is 0 Å². The molecule has 0 aliphatic carbocycles. The maximum Gasteiger partial charge on any atom is 0.302 e. The number of hydrogen-bond donors (Lipinski definition) is 0. The molecule has 0 N–H and O–H groups in total. The van der Waals surface area contributed by atoms with Crippen molar-refractivity contribution in [3.8, 4) is 0 Å². The van der Waals surface area contributed by atoms with Gasteiger partial charge in [0, 0.05) is 6.92 Å². The van der Waals surface area contributed by atoms with E-state index in [1.807, 2.05) is 6.92 Å². The molecule has 0 aromatic rings. The lowest BCUT2D eigenvalue weighted by molar-refractivity contribution is -0.145. The molecule has 1 unspecified atom stereocenters. The molecule has 0 saturated carbocycles. The molecule has 0 heterocycles. The van der Waals surface area contributed by atoms with E-state index in [0.717, 1.165) is 19.3 Å². The predicted molar refractivity (Wildman–Crippen MR) is 49.9 cm³/mol. The van der Waals surface area contributed by atoms with Gasteiger partial charge in [-0.05, 0) is 26.2 Å². The fourth-order valence-electron chi connectivity index (χ4n) is 0.958. The third kappa shape index (κ3) is 7.32. The van der Waals surface area contributed by atoms with E-state index >= 15 is 0 Å². The van der Waals surface area contributed by atoms with Gasteiger partial charge in [0.15, 0.2) is 0 Å². The summed E-state index contributed by atoms with van der Waals surface area (Å²) in [7, 11) is 0. The van der Waals surface area contributed by atoms with Gasteiger partial charge >= 0.3 is 5.97 Å². The topological polar surface area (TPSA) is 26.3 Å². The Morgan fingerprint density at radius 3 is 2.67 bits per heavy atom. The first-order valence-electron chi connectivity index (χ1n) is 4.49. The monoisotopic (exact) mass is 170 g/mol. The van der Waals surface area contributed by atoms with Crippen LogP contribution in [0, 0.1) is 0 Å². The van der Waals surface area contributed by atoms with E-state index in [1.165, 1.54) is 6.92 Å². The standard InChI is InChI=1S/C10H18O2/c1-4-5-6-7-8-9(2)12-10(3)11/h5-6,9H,4,7-8H2,1-3H3. The van der Waals surface area contributed by atoms with E-state index in [0.29, 0.717) is 0 Å². The van der Waals surface area contributed by atoms with Gasteiger partial charge in [0.2, 0.25) is 0 Å². The molecule has 12 heavy (non-hydrogen) atoms. The lowest BCUT2D eigenvalue weighted by atomic mass is 10.2. The van der Waals surface area contributed by atoms with Crippen molar-refractivity contribution in [3.05, 3.63) is 12.2 Å². The van der Waals surface area contributed by atoms with Crippen LogP contribution in [-0.2, 0) is 9.53 Å². The molecule has 2 heteroatoms. The van der Waals surface area contributed by atoms with Crippen molar-refractivity contribution in [1.82, 2.24) is 0 Å². The minimum Gasteiger partial charge on any atom is -0.463 e. The van der Waals surface area contributed by atoms with Crippen LogP contribution in [-0.4, -0.2) is 12.1 Å². The van der Waals surface area contributed by atoms with Gasteiger partial charge in [0.05, 0.1) is 6.10 Å². The second kappa shape index (κ2) is 6.89. The molecule has 0 aromatic carbocycles. The van der Waals surface area contributed by atoms with E-state index in [9.17, 15) is 4.79 Å². The van der Waals surface area contributed by atoms with Gasteiger partial charge in [0.1, 0.15) is 0 Å². The molecule has 0 saturated heterocycles. The van der Waals surface area contributed by atoms with Gasteiger partial charge in [0.25, 0.3) is 0 Å². The summed E-state index contributed by atoms with van der Waals surface area (Å²) in [6.07, 6.45) is 7.27. The summed E-state index contributed by atoms with van der Waals surface area (Å²) in [6.45, 7) is 5.46. The molecule has 0 aromatic heterocycles. The van der Waals surface area contributed by atoms with Crippen LogP contribution in [0.2, 0.25) is 0 Å². The summed E-state index contributed by atoms with van der Waals surface area (Å²) < 4.78 is 4.96. The lowest BCUT2D eigenvalue weighted by Crippen LogP contribution is -2.11. The van der Waals surface area contributed by atoms with Gasteiger partial charge in [-0.15, -0.1) is 0 Å². The second-order valence-electron chi connectivity index (χ2n) is 2.88. The minimum absolute atomic E-state index is 0.0454. The first kappa shape index (κ1) is 11.2. The average molecular weight is 170 g/mol. The summed E-state index contributed by atoms with van der Waals surface area (Å²) in [5.41, 5.74) is 0. The third-order valence-corrected chi connectivity index (χ3v) is 1.51. The van der Waals surface area contributed by atoms with Crippen molar-refractivity contribution in [1.29, 1.82) is 0 Å². The van der Waals surface area contributed by atoms with E-state index in [1.54, 1.807) is 0 Å². The molecule has 0 aliphatic heterocycles. The quantitative estimate of drug-likeness (QED) is 0.468. The van der Waals surface area contributed by atoms with Crippen molar-refractivity contribution in [3.63, 3.8) is 0 Å². The van der Waals surface area contributed by atoms with Gasteiger partial charge in [-0.25, -0.2) is 0 Å². The highest BCUT2D eigenvalue weighted by Crippen LogP contribution is 2.02. The summed E-state index contributed by atoms with van der Waals surface area (Å²) >= 11 is 0. The fraction of sp³-hybridized carbons (Fsp3) is 0.700. The van der Waals surface area contributed by atoms with Gasteiger partial charge in [-0.3, -0.25) is 4.79 Å². The van der Waals surface area contributed by atoms with Crippen LogP contribution in [0.4, 0.5) is 0 Å². The summed E-state index contributed by atoms with van der Waals surface area (Å²) in [5, 5.41) is 0. The SMILES string of the molecule is CCC=CCCC(C)OC(C)=O. The Hall–Kier alpha value is -0.790. The summed E-state index contributed by atoms with van der Waals surface area (Å²) in [4.78, 5) is 10.5. The molecular formula is C10H18O2. The lowest BCUT2D eigenvalue weighted by Gasteiger charge is -2.09. The van der Waals surface area contributed by atoms with E-state index in [-0.39, 0.29) is 12.1 Å². The van der Waals surface area contributed by atoms with Crippen molar-refractivity contribution in [2.45, 2.75) is 46.1 Å². The zero-order valence-corrected chi connectivity index (χ0v) is 8.17. The van der Waals surface area contributed by atoms with Crippen LogP contribution < -0.4 is 0 Å². The highest BCUT2D eigenvalue weighted by atomic mass is 16.5. The number of rotatable bonds is 5. The van der Waals surface area contributed by atoms with Crippen LogP contribution in [0.5, 0.6) is 0 Å². The maximum atomic E-state index is 10.5. The maximum absolute atomic E-state index is 10.5. The third-order valence-electron chi connectivity index (χ3n) is 1.51. The number of ether oxygens (including phenoxy) is 1. The first-order valence-corrected chi connectivity index (χ1v) is 4.49. The molecule has 1 atom stereocenters. The summed E-state index contributed by atoms with van der Waals surface area (Å²) in [6, 6.07) is 0. The van der Waals surface area contributed by atoms with Gasteiger partial charge in [-0.1, -0.05) is 19.1 Å². The average Bonchev–Trinajstić information content (AvgIpc) is 1.97. The number of carbonyl (C=O) groups is 1. The molecule has 0 spiro atoms. The molecule has 70 valence electrons. The van der Waals surface area contributed by atoms with Crippen LogP contribution in [0.1, 0.15) is 40.0 Å². The number of carbonyl (C=O) groups excluding carboxylic acids is 1. The first-order chi connectivity index (χ1) is 5.66. The molecule has 0 rings (SSSR count). The normalized spacial score (nSPS) is 13.2. The van der Waals surface area contributed by atoms with E-state index in [2.05, 4.69) is 19.1 Å². The largest absolute Gasteiger partial charge is 0.463 e. The number of allylic oxidation sites excluding steroid dienone is 2. The fourth-order valence-corrected chi connectivity index (χ4v) is 0.958. The van der Waals surface area contributed by atoms with Crippen molar-refractivity contribution < 1.29 is 9.53 Å². The van der Waals surface area contributed by atoms with E-state index in [4.69, 9.17) is 4.74 Å². The molecule has 0 radical (unpaired) electrons. The van der Waals surface area contributed by atoms with Crippen LogP contribution in [0.25, 0.3) is 0 Å². The Balaban J connectivity index is 3.37. The van der Waals surface area contributed by atoms with Gasteiger partial charge in [-0.2, -0.15) is 0 Å². The Bertz CT molecular complexity index is 150. The highest BCUT2D eigenvalue weighted by Gasteiger charge is 2.02.